The first-order valence-corrected chi connectivity index (χ1v) is 9.22. The zero-order chi connectivity index (χ0) is 19.5. The van der Waals surface area contributed by atoms with E-state index in [0.29, 0.717) is 10.5 Å². The molecule has 0 unspecified atom stereocenters. The molecule has 26 heavy (non-hydrogen) atoms. The number of allylic oxidation sites excluding steroid dienone is 3. The number of nitrogen functional groups attached to an aromatic ring is 1. The summed E-state index contributed by atoms with van der Waals surface area (Å²) in [6, 6.07) is 8.06. The van der Waals surface area contributed by atoms with Crippen molar-refractivity contribution in [2.45, 2.75) is 23.6 Å². The van der Waals surface area contributed by atoms with Crippen molar-refractivity contribution in [2.24, 2.45) is 0 Å². The van der Waals surface area contributed by atoms with Gasteiger partial charge in [0.1, 0.15) is 11.6 Å². The summed E-state index contributed by atoms with van der Waals surface area (Å²) in [4.78, 5) is 6.38. The average Bonchev–Trinajstić information content (AvgIpc) is 2.67. The predicted octanol–water partition coefficient (Wildman–Crippen LogP) is 5.45. The maximum atomic E-state index is 5.67. The van der Waals surface area contributed by atoms with Gasteiger partial charge in [0, 0.05) is 11.1 Å². The van der Waals surface area contributed by atoms with Crippen molar-refractivity contribution in [1.29, 1.82) is 0 Å². The van der Waals surface area contributed by atoms with Gasteiger partial charge in [0.2, 0.25) is 4.77 Å². The second-order valence-electron chi connectivity index (χ2n) is 4.63. The number of methoxy groups -OCH3 is 1. The third-order valence-electron chi connectivity index (χ3n) is 2.96. The first kappa shape index (κ1) is 21.5. The lowest BCUT2D eigenvalue weighted by Gasteiger charge is -2.19. The van der Waals surface area contributed by atoms with Crippen LogP contribution in [0.25, 0.3) is 0 Å². The van der Waals surface area contributed by atoms with Crippen LogP contribution >= 0.6 is 24.0 Å². The lowest BCUT2D eigenvalue weighted by atomic mass is 10.3. The molecule has 3 rings (SSSR count). The summed E-state index contributed by atoms with van der Waals surface area (Å²) < 4.78 is 6.45. The summed E-state index contributed by atoms with van der Waals surface area (Å²) in [5, 5.41) is 3.24. The number of anilines is 2. The molecular formula is C19H24N4OS2. The van der Waals surface area contributed by atoms with Gasteiger partial charge < -0.3 is 15.9 Å². The third-order valence-corrected chi connectivity index (χ3v) is 4.36. The number of fused-ring (bicyclic) bond motifs is 2. The minimum absolute atomic E-state index is 0.367. The molecule has 0 fully saturated rings. The van der Waals surface area contributed by atoms with E-state index in [1.807, 2.05) is 32.0 Å². The van der Waals surface area contributed by atoms with Crippen LogP contribution in [0.3, 0.4) is 0 Å². The first-order valence-electron chi connectivity index (χ1n) is 8.00. The maximum Gasteiger partial charge on any atom is 0.220 e. The first-order chi connectivity index (χ1) is 12.5. The van der Waals surface area contributed by atoms with Crippen LogP contribution in [0, 0.1) is 4.77 Å². The molecule has 1 aromatic carbocycles. The summed E-state index contributed by atoms with van der Waals surface area (Å²) >= 11 is 6.65. The van der Waals surface area contributed by atoms with Crippen LogP contribution in [0.2, 0.25) is 0 Å². The van der Waals surface area contributed by atoms with E-state index in [1.54, 1.807) is 43.3 Å². The van der Waals surface area contributed by atoms with Crippen LogP contribution in [0.5, 0.6) is 0 Å². The van der Waals surface area contributed by atoms with Gasteiger partial charge in [0.15, 0.2) is 0 Å². The van der Waals surface area contributed by atoms with Gasteiger partial charge in [-0.1, -0.05) is 63.1 Å². The Hall–Kier alpha value is -2.51. The molecule has 0 radical (unpaired) electrons. The minimum atomic E-state index is 0.367. The topological polar surface area (TPSA) is 65.1 Å². The summed E-state index contributed by atoms with van der Waals surface area (Å²) in [5.74, 6) is 7.09. The fourth-order valence-electron chi connectivity index (χ4n) is 1.76. The minimum Gasteiger partial charge on any atom is -0.497 e. The Balaban J connectivity index is 0.000000290. The van der Waals surface area contributed by atoms with Gasteiger partial charge in [-0.3, -0.25) is 0 Å². The van der Waals surface area contributed by atoms with Crippen molar-refractivity contribution >= 4 is 35.5 Å². The molecule has 2 aromatic rings. The zero-order valence-corrected chi connectivity index (χ0v) is 16.9. The highest BCUT2D eigenvalue weighted by molar-refractivity contribution is 7.99. The predicted molar refractivity (Wildman–Crippen MR) is 114 cm³/mol. The molecule has 3 N–H and O–H groups in total. The molecule has 5 nitrogen and oxygen atoms in total. The van der Waals surface area contributed by atoms with Crippen molar-refractivity contribution in [3.05, 3.63) is 72.4 Å². The van der Waals surface area contributed by atoms with Gasteiger partial charge >= 0.3 is 0 Å². The second-order valence-corrected chi connectivity index (χ2v) is 6.08. The number of hydrogen-bond donors (Lipinski definition) is 2. The summed E-state index contributed by atoms with van der Waals surface area (Å²) in [6.45, 7) is 11.0. The molecule has 1 aromatic heterocycles. The van der Waals surface area contributed by atoms with E-state index >= 15 is 0 Å². The Morgan fingerprint density at radius 3 is 2.69 bits per heavy atom. The van der Waals surface area contributed by atoms with Crippen molar-refractivity contribution in [3.8, 4) is 0 Å². The van der Waals surface area contributed by atoms with Crippen molar-refractivity contribution in [2.75, 3.05) is 18.3 Å². The lowest BCUT2D eigenvalue weighted by molar-refractivity contribution is 0.309. The summed E-state index contributed by atoms with van der Waals surface area (Å²) in [5.41, 5.74) is 1.05. The highest BCUT2D eigenvalue weighted by atomic mass is 32.2. The van der Waals surface area contributed by atoms with Crippen LogP contribution in [0.1, 0.15) is 13.8 Å². The fourth-order valence-corrected chi connectivity index (χ4v) is 2.88. The van der Waals surface area contributed by atoms with E-state index in [-0.39, 0.29) is 0 Å². The SMILES string of the molecule is C=C/C=C\C(=C)OC.CC.Nn1cc2c(nc1=S)Nc1ccccc1S2. The Kier molecular flexibility index (Phi) is 9.25. The quantitative estimate of drug-likeness (QED) is 0.269. The number of nitrogens with one attached hydrogen (secondary N) is 1. The molecule has 0 aliphatic carbocycles. The normalized spacial score (nSPS) is 10.7. The number of benzene rings is 1. The molecule has 0 amide bonds. The van der Waals surface area contributed by atoms with Gasteiger partial charge in [-0.2, -0.15) is 4.98 Å². The third kappa shape index (κ3) is 6.09. The molecule has 0 bridgehead atoms. The van der Waals surface area contributed by atoms with Crippen LogP contribution in [-0.2, 0) is 4.74 Å². The van der Waals surface area contributed by atoms with Gasteiger partial charge in [-0.15, -0.1) is 0 Å². The number of ether oxygens (including phenoxy) is 1. The molecule has 0 saturated carbocycles. The number of rotatable bonds is 3. The molecule has 0 atom stereocenters. The van der Waals surface area contributed by atoms with Crippen LogP contribution in [0.15, 0.2) is 77.4 Å². The highest BCUT2D eigenvalue weighted by Gasteiger charge is 2.16. The van der Waals surface area contributed by atoms with E-state index in [9.17, 15) is 0 Å². The number of nitrogens with two attached hydrogens (primary N) is 1. The number of nitrogens with zero attached hydrogens (tertiary/aromatic N) is 2. The van der Waals surface area contributed by atoms with Gasteiger partial charge in [-0.05, 0) is 30.4 Å². The zero-order valence-electron chi connectivity index (χ0n) is 15.2. The van der Waals surface area contributed by atoms with E-state index < -0.39 is 0 Å². The van der Waals surface area contributed by atoms with Crippen LogP contribution in [-0.4, -0.2) is 16.8 Å². The molecular weight excluding hydrogens is 364 g/mol. The highest BCUT2D eigenvalue weighted by Crippen LogP contribution is 2.42. The summed E-state index contributed by atoms with van der Waals surface area (Å²) in [7, 11) is 1.58. The van der Waals surface area contributed by atoms with Crippen molar-refractivity contribution in [3.63, 3.8) is 0 Å². The van der Waals surface area contributed by atoms with Crippen LogP contribution < -0.4 is 11.2 Å². The Morgan fingerprint density at radius 2 is 2.04 bits per heavy atom. The Bertz CT molecular complexity index is 844. The number of aromatic nitrogens is 2. The molecule has 1 aliphatic heterocycles. The van der Waals surface area contributed by atoms with Gasteiger partial charge in [0.05, 0.1) is 17.7 Å². The van der Waals surface area contributed by atoms with E-state index in [0.717, 1.165) is 21.3 Å². The Labute approximate surface area is 164 Å². The molecule has 1 aliphatic rings. The molecule has 7 heteroatoms. The second kappa shape index (κ2) is 11.2. The molecule has 0 saturated heterocycles. The number of para-hydroxylation sites is 1. The fraction of sp³-hybridized carbons (Fsp3) is 0.158. The molecule has 138 valence electrons. The standard InChI is InChI=1S/C10H8N4S2.C7H10O.C2H6/c11-14-5-8-9(13-10(14)15)12-6-3-1-2-4-7(6)16-8;1-4-5-6-7(2)8-3;1-2/h1-5H,11H2,(H,12,13,15);4-6H,1-2H2,3H3;1-2H3/b;6-5-;. The average molecular weight is 389 g/mol. The number of hydrogen-bond acceptors (Lipinski definition) is 6. The largest absolute Gasteiger partial charge is 0.497 e. The van der Waals surface area contributed by atoms with Gasteiger partial charge in [-0.25, -0.2) is 4.68 Å². The van der Waals surface area contributed by atoms with E-state index in [1.165, 1.54) is 4.68 Å². The lowest BCUT2D eigenvalue weighted by Crippen LogP contribution is -2.14. The maximum absolute atomic E-state index is 5.67. The van der Waals surface area contributed by atoms with Gasteiger partial charge in [0.25, 0.3) is 0 Å². The van der Waals surface area contributed by atoms with Crippen molar-refractivity contribution < 1.29 is 4.74 Å². The molecule has 0 spiro atoms. The smallest absolute Gasteiger partial charge is 0.220 e. The van der Waals surface area contributed by atoms with E-state index in [4.69, 9.17) is 22.8 Å². The van der Waals surface area contributed by atoms with E-state index in [2.05, 4.69) is 29.5 Å². The van der Waals surface area contributed by atoms with Crippen LogP contribution in [0.4, 0.5) is 11.5 Å². The summed E-state index contributed by atoms with van der Waals surface area (Å²) in [6.07, 6.45) is 6.97. The molecule has 2 heterocycles. The monoisotopic (exact) mass is 388 g/mol. The Morgan fingerprint density at radius 1 is 1.35 bits per heavy atom. The van der Waals surface area contributed by atoms with Crippen molar-refractivity contribution in [1.82, 2.24) is 9.66 Å².